The molecule has 0 bridgehead atoms. The van der Waals surface area contributed by atoms with Crippen LogP contribution in [0.15, 0.2) is 18.3 Å². The second-order valence-electron chi connectivity index (χ2n) is 7.21. The summed E-state index contributed by atoms with van der Waals surface area (Å²) in [5.41, 5.74) is 5.52. The average Bonchev–Trinajstić information content (AvgIpc) is 3.46. The first kappa shape index (κ1) is 18.2. The molecule has 150 valence electrons. The zero-order valence-electron chi connectivity index (χ0n) is 16.6. The number of fused-ring (bicyclic) bond motifs is 1. The Bertz CT molecular complexity index is 1160. The third kappa shape index (κ3) is 3.08. The number of nitrogens with one attached hydrogen (secondary N) is 1. The fraction of sp³-hybridized carbons (Fsp3) is 0.421. The highest BCUT2D eigenvalue weighted by Crippen LogP contribution is 2.38. The molecule has 1 fully saturated rings. The third-order valence-corrected chi connectivity index (χ3v) is 6.10. The summed E-state index contributed by atoms with van der Waals surface area (Å²) >= 11 is 1.45. The number of aryl methyl sites for hydroxylation is 2. The molecule has 0 aliphatic carbocycles. The molecule has 1 atom stereocenters. The van der Waals surface area contributed by atoms with Crippen LogP contribution in [0.1, 0.15) is 19.5 Å². The predicted molar refractivity (Wildman–Crippen MR) is 112 cm³/mol. The predicted octanol–water partition coefficient (Wildman–Crippen LogP) is 2.89. The first-order chi connectivity index (χ1) is 14.2. The van der Waals surface area contributed by atoms with Gasteiger partial charge in [0.1, 0.15) is 17.0 Å². The van der Waals surface area contributed by atoms with Crippen LogP contribution < -0.4 is 4.90 Å². The Kier molecular flexibility index (Phi) is 4.51. The van der Waals surface area contributed by atoms with E-state index in [0.717, 1.165) is 57.5 Å². The lowest BCUT2D eigenvalue weighted by Crippen LogP contribution is -2.44. The number of pyridine rings is 1. The van der Waals surface area contributed by atoms with E-state index >= 15 is 0 Å². The maximum atomic E-state index is 5.62. The lowest BCUT2D eigenvalue weighted by Gasteiger charge is -2.34. The molecule has 4 aromatic heterocycles. The van der Waals surface area contributed by atoms with Gasteiger partial charge in [0.15, 0.2) is 0 Å². The summed E-state index contributed by atoms with van der Waals surface area (Å²) in [4.78, 5) is 7.34. The van der Waals surface area contributed by atoms with Gasteiger partial charge in [-0.05, 0) is 44.4 Å². The Morgan fingerprint density at radius 1 is 1.34 bits per heavy atom. The normalized spacial score (nSPS) is 17.3. The quantitative estimate of drug-likeness (QED) is 0.552. The number of ether oxygens (including phenoxy) is 1. The number of anilines is 1. The molecule has 1 N–H and O–H groups in total. The summed E-state index contributed by atoms with van der Waals surface area (Å²) in [6, 6.07) is 4.38. The molecule has 0 spiro atoms. The lowest BCUT2D eigenvalue weighted by molar-refractivity contribution is 0.0986. The van der Waals surface area contributed by atoms with Crippen LogP contribution in [0.2, 0.25) is 0 Å². The lowest BCUT2D eigenvalue weighted by atomic mass is 10.1. The molecule has 0 amide bonds. The summed E-state index contributed by atoms with van der Waals surface area (Å²) < 4.78 is 13.3. The Labute approximate surface area is 171 Å². The van der Waals surface area contributed by atoms with E-state index in [2.05, 4.69) is 45.3 Å². The van der Waals surface area contributed by atoms with Gasteiger partial charge in [0.05, 0.1) is 47.2 Å². The maximum Gasteiger partial charge on any atom is 0.130 e. The van der Waals surface area contributed by atoms with Crippen LogP contribution in [0.3, 0.4) is 0 Å². The van der Waals surface area contributed by atoms with Gasteiger partial charge in [-0.2, -0.15) is 9.47 Å². The monoisotopic (exact) mass is 410 g/mol. The van der Waals surface area contributed by atoms with Crippen LogP contribution in [-0.4, -0.2) is 60.3 Å². The standard InChI is InChI=1S/C19H22N8OS/c1-4-27-15(9-20-25-27)13-8-16(26-5-6-28-10-12(26)3)21-18-17(24-29-19(13)18)14-7-11(2)22-23-14/h7-9,12H,4-6,10H2,1-3H3,(H,22,23)/t12-/m1/s1. The van der Waals surface area contributed by atoms with Gasteiger partial charge in [0.25, 0.3) is 0 Å². The number of rotatable bonds is 4. The highest BCUT2D eigenvalue weighted by Gasteiger charge is 2.25. The summed E-state index contributed by atoms with van der Waals surface area (Å²) in [5.74, 6) is 0.921. The SMILES string of the molecule is CCn1nncc1-c1cc(N2CCOC[C@H]2C)nc2c(-c3cc(C)n[nH]3)nsc12. The first-order valence-electron chi connectivity index (χ1n) is 9.71. The van der Waals surface area contributed by atoms with E-state index in [1.807, 2.05) is 23.9 Å². The van der Waals surface area contributed by atoms with Crippen molar-refractivity contribution in [3.63, 3.8) is 0 Å². The molecular formula is C19H22N8OS. The van der Waals surface area contributed by atoms with Crippen molar-refractivity contribution < 1.29 is 4.74 Å². The van der Waals surface area contributed by atoms with E-state index < -0.39 is 0 Å². The molecule has 5 rings (SSSR count). The number of aromatic nitrogens is 7. The number of morpholine rings is 1. The van der Waals surface area contributed by atoms with Crippen LogP contribution in [-0.2, 0) is 11.3 Å². The average molecular weight is 411 g/mol. The number of aromatic amines is 1. The van der Waals surface area contributed by atoms with Gasteiger partial charge in [0, 0.05) is 18.7 Å². The van der Waals surface area contributed by atoms with Crippen molar-refractivity contribution in [2.45, 2.75) is 33.4 Å². The number of hydrogen-bond donors (Lipinski definition) is 1. The Balaban J connectivity index is 1.75. The van der Waals surface area contributed by atoms with Crippen LogP contribution in [0.25, 0.3) is 32.9 Å². The summed E-state index contributed by atoms with van der Waals surface area (Å²) in [6.45, 7) is 9.12. The second-order valence-corrected chi connectivity index (χ2v) is 7.99. The fourth-order valence-electron chi connectivity index (χ4n) is 3.73. The highest BCUT2D eigenvalue weighted by atomic mass is 32.1. The molecule has 29 heavy (non-hydrogen) atoms. The van der Waals surface area contributed by atoms with Crippen LogP contribution in [0, 0.1) is 6.92 Å². The molecule has 0 aromatic carbocycles. The van der Waals surface area contributed by atoms with Crippen molar-refractivity contribution in [1.29, 1.82) is 0 Å². The van der Waals surface area contributed by atoms with Crippen LogP contribution in [0.4, 0.5) is 5.82 Å². The number of hydrogen-bond acceptors (Lipinski definition) is 8. The third-order valence-electron chi connectivity index (χ3n) is 5.23. The van der Waals surface area contributed by atoms with E-state index in [4.69, 9.17) is 14.1 Å². The fourth-order valence-corrected chi connectivity index (χ4v) is 4.59. The molecule has 0 unspecified atom stereocenters. The molecular weight excluding hydrogens is 388 g/mol. The molecule has 1 aliphatic heterocycles. The van der Waals surface area contributed by atoms with Crippen LogP contribution in [0.5, 0.6) is 0 Å². The molecule has 1 saturated heterocycles. The molecule has 4 aromatic rings. The number of H-pyrrole nitrogens is 1. The van der Waals surface area contributed by atoms with Gasteiger partial charge in [0.2, 0.25) is 0 Å². The van der Waals surface area contributed by atoms with Crippen LogP contribution >= 0.6 is 11.5 Å². The van der Waals surface area contributed by atoms with Crippen molar-refractivity contribution in [2.24, 2.45) is 0 Å². The Hall–Kier alpha value is -2.85. The largest absolute Gasteiger partial charge is 0.377 e. The van der Waals surface area contributed by atoms with E-state index in [0.29, 0.717) is 13.2 Å². The summed E-state index contributed by atoms with van der Waals surface area (Å²) in [7, 11) is 0. The topological polar surface area (TPSA) is 97.6 Å². The minimum atomic E-state index is 0.250. The zero-order valence-corrected chi connectivity index (χ0v) is 17.4. The summed E-state index contributed by atoms with van der Waals surface area (Å²) in [5, 5.41) is 15.7. The molecule has 9 nitrogen and oxygen atoms in total. The second kappa shape index (κ2) is 7.20. The molecule has 5 heterocycles. The number of nitrogens with zero attached hydrogens (tertiary/aromatic N) is 7. The van der Waals surface area contributed by atoms with Crippen molar-refractivity contribution >= 4 is 27.6 Å². The van der Waals surface area contributed by atoms with E-state index in [1.54, 1.807) is 0 Å². The van der Waals surface area contributed by atoms with Gasteiger partial charge >= 0.3 is 0 Å². The van der Waals surface area contributed by atoms with Gasteiger partial charge in [-0.1, -0.05) is 5.21 Å². The first-order valence-corrected chi connectivity index (χ1v) is 10.5. The van der Waals surface area contributed by atoms with Gasteiger partial charge in [-0.15, -0.1) is 5.10 Å². The molecule has 10 heteroatoms. The Morgan fingerprint density at radius 2 is 2.24 bits per heavy atom. The maximum absolute atomic E-state index is 5.62. The molecule has 0 radical (unpaired) electrons. The van der Waals surface area contributed by atoms with E-state index in [-0.39, 0.29) is 6.04 Å². The van der Waals surface area contributed by atoms with E-state index in [1.165, 1.54) is 11.5 Å². The Morgan fingerprint density at radius 3 is 3.00 bits per heavy atom. The minimum absolute atomic E-state index is 0.250. The van der Waals surface area contributed by atoms with Crippen molar-refractivity contribution in [3.8, 4) is 22.6 Å². The zero-order chi connectivity index (χ0) is 20.0. The molecule has 0 saturated carbocycles. The smallest absolute Gasteiger partial charge is 0.130 e. The van der Waals surface area contributed by atoms with Crippen molar-refractivity contribution in [1.82, 2.24) is 34.5 Å². The highest BCUT2D eigenvalue weighted by molar-refractivity contribution is 7.14. The minimum Gasteiger partial charge on any atom is -0.377 e. The van der Waals surface area contributed by atoms with Crippen molar-refractivity contribution in [3.05, 3.63) is 24.0 Å². The summed E-state index contributed by atoms with van der Waals surface area (Å²) in [6.07, 6.45) is 1.81. The van der Waals surface area contributed by atoms with Crippen molar-refractivity contribution in [2.75, 3.05) is 24.7 Å². The van der Waals surface area contributed by atoms with Gasteiger partial charge in [-0.3, -0.25) is 5.10 Å². The molecule has 1 aliphatic rings. The van der Waals surface area contributed by atoms with Gasteiger partial charge in [-0.25, -0.2) is 9.67 Å². The van der Waals surface area contributed by atoms with E-state index in [9.17, 15) is 0 Å². The van der Waals surface area contributed by atoms with Gasteiger partial charge < -0.3 is 9.64 Å².